The van der Waals surface area contributed by atoms with Crippen LogP contribution in [-0.4, -0.2) is 46.6 Å². The van der Waals surface area contributed by atoms with E-state index in [9.17, 15) is 9.59 Å². The number of carbonyl (C=O) groups excluding carboxylic acids is 1. The predicted octanol–water partition coefficient (Wildman–Crippen LogP) is 1.33. The van der Waals surface area contributed by atoms with E-state index in [1.807, 2.05) is 41.5 Å². The van der Waals surface area contributed by atoms with E-state index < -0.39 is 5.97 Å². The van der Waals surface area contributed by atoms with E-state index >= 15 is 0 Å². The van der Waals surface area contributed by atoms with Crippen molar-refractivity contribution in [2.75, 3.05) is 13.1 Å². The molecule has 0 rings (SSSR count). The first-order valence-electron chi connectivity index (χ1n) is 6.30. The zero-order valence-corrected chi connectivity index (χ0v) is 12.3. The van der Waals surface area contributed by atoms with E-state index in [0.29, 0.717) is 5.92 Å². The highest BCUT2D eigenvalue weighted by Crippen LogP contribution is 2.12. The topological polar surface area (TPSA) is 69.6 Å². The van der Waals surface area contributed by atoms with Crippen molar-refractivity contribution in [3.8, 4) is 0 Å². The highest BCUT2D eigenvalue weighted by molar-refractivity contribution is 5.79. The Labute approximate surface area is 110 Å². The third-order valence-electron chi connectivity index (χ3n) is 3.00. The van der Waals surface area contributed by atoms with Crippen molar-refractivity contribution < 1.29 is 14.7 Å². The highest BCUT2D eigenvalue weighted by atomic mass is 16.4. The molecule has 0 radical (unpaired) electrons. The average molecular weight is 258 g/mol. The molecule has 0 fully saturated rings. The van der Waals surface area contributed by atoms with Crippen LogP contribution in [-0.2, 0) is 9.59 Å². The van der Waals surface area contributed by atoms with Crippen LogP contribution in [0.5, 0.6) is 0 Å². The van der Waals surface area contributed by atoms with E-state index in [-0.39, 0.29) is 30.6 Å². The second-order valence-corrected chi connectivity index (χ2v) is 6.02. The van der Waals surface area contributed by atoms with Crippen LogP contribution in [0, 0.1) is 5.92 Å². The zero-order chi connectivity index (χ0) is 14.5. The summed E-state index contributed by atoms with van der Waals surface area (Å²) in [6.45, 7) is 11.7. The smallest absolute Gasteiger partial charge is 0.317 e. The summed E-state index contributed by atoms with van der Waals surface area (Å²) in [5, 5.41) is 11.7. The van der Waals surface area contributed by atoms with Crippen molar-refractivity contribution in [2.45, 2.75) is 53.1 Å². The predicted molar refractivity (Wildman–Crippen MR) is 71.4 cm³/mol. The number of nitrogens with one attached hydrogen (secondary N) is 1. The highest BCUT2D eigenvalue weighted by Gasteiger charge is 2.26. The van der Waals surface area contributed by atoms with Gasteiger partial charge in [0.1, 0.15) is 0 Å². The van der Waals surface area contributed by atoms with Gasteiger partial charge in [0.2, 0.25) is 5.91 Å². The van der Waals surface area contributed by atoms with Crippen molar-refractivity contribution in [3.05, 3.63) is 0 Å². The molecule has 0 aliphatic carbocycles. The second kappa shape index (κ2) is 6.73. The molecule has 0 aliphatic heterocycles. The van der Waals surface area contributed by atoms with Gasteiger partial charge in [-0.1, -0.05) is 13.8 Å². The van der Waals surface area contributed by atoms with Gasteiger partial charge in [-0.3, -0.25) is 14.5 Å². The molecule has 0 saturated heterocycles. The summed E-state index contributed by atoms with van der Waals surface area (Å²) in [6, 6.07) is 0.0872. The molecule has 0 heterocycles. The summed E-state index contributed by atoms with van der Waals surface area (Å²) in [6.07, 6.45) is 0. The van der Waals surface area contributed by atoms with Gasteiger partial charge in [-0.25, -0.2) is 0 Å². The van der Waals surface area contributed by atoms with Crippen LogP contribution >= 0.6 is 0 Å². The lowest BCUT2D eigenvalue weighted by Crippen LogP contribution is -2.50. The molecule has 106 valence electrons. The molecule has 1 atom stereocenters. The summed E-state index contributed by atoms with van der Waals surface area (Å²) >= 11 is 0. The van der Waals surface area contributed by atoms with Gasteiger partial charge >= 0.3 is 5.97 Å². The van der Waals surface area contributed by atoms with Crippen LogP contribution in [0.3, 0.4) is 0 Å². The number of carbonyl (C=O) groups is 2. The summed E-state index contributed by atoms with van der Waals surface area (Å²) in [7, 11) is 0. The maximum Gasteiger partial charge on any atom is 0.317 e. The van der Waals surface area contributed by atoms with Gasteiger partial charge in [0.05, 0.1) is 13.1 Å². The van der Waals surface area contributed by atoms with Gasteiger partial charge in [0.25, 0.3) is 0 Å². The van der Waals surface area contributed by atoms with Crippen molar-refractivity contribution in [1.29, 1.82) is 0 Å². The molecule has 5 heteroatoms. The summed E-state index contributed by atoms with van der Waals surface area (Å²) in [5.74, 6) is -0.696. The second-order valence-electron chi connectivity index (χ2n) is 6.02. The molecule has 5 nitrogen and oxygen atoms in total. The third kappa shape index (κ3) is 6.59. The molecule has 2 N–H and O–H groups in total. The maximum atomic E-state index is 11.9. The first kappa shape index (κ1) is 16.9. The number of aliphatic carboxylic acids is 1. The van der Waals surface area contributed by atoms with Crippen LogP contribution in [0.2, 0.25) is 0 Å². The van der Waals surface area contributed by atoms with Crippen LogP contribution < -0.4 is 5.32 Å². The number of rotatable bonds is 6. The van der Waals surface area contributed by atoms with E-state index in [4.69, 9.17) is 5.11 Å². The number of carboxylic acids is 1. The lowest BCUT2D eigenvalue weighted by atomic mass is 10.1. The number of hydrogen-bond acceptors (Lipinski definition) is 3. The molecule has 0 spiro atoms. The normalized spacial score (nSPS) is 13.8. The molecule has 1 unspecified atom stereocenters. The van der Waals surface area contributed by atoms with Crippen LogP contribution in [0.1, 0.15) is 41.5 Å². The molecule has 0 saturated carbocycles. The monoisotopic (exact) mass is 258 g/mol. The van der Waals surface area contributed by atoms with Crippen molar-refractivity contribution >= 4 is 11.9 Å². The summed E-state index contributed by atoms with van der Waals surface area (Å²) < 4.78 is 0. The van der Waals surface area contributed by atoms with Gasteiger partial charge in [-0.05, 0) is 33.6 Å². The fourth-order valence-corrected chi connectivity index (χ4v) is 1.33. The minimum Gasteiger partial charge on any atom is -0.480 e. The third-order valence-corrected chi connectivity index (χ3v) is 3.00. The first-order valence-corrected chi connectivity index (χ1v) is 6.30. The number of hydrogen-bond donors (Lipinski definition) is 2. The molecule has 0 aromatic rings. The van der Waals surface area contributed by atoms with Gasteiger partial charge in [0, 0.05) is 11.6 Å². The Balaban J connectivity index is 4.50. The molecule has 0 bridgehead atoms. The van der Waals surface area contributed by atoms with Crippen LogP contribution in [0.15, 0.2) is 0 Å². The minimum absolute atomic E-state index is 0.0872. The zero-order valence-electron chi connectivity index (χ0n) is 12.3. The van der Waals surface area contributed by atoms with Gasteiger partial charge in [-0.15, -0.1) is 0 Å². The fourth-order valence-electron chi connectivity index (χ4n) is 1.33. The van der Waals surface area contributed by atoms with Crippen molar-refractivity contribution in [1.82, 2.24) is 10.2 Å². The van der Waals surface area contributed by atoms with E-state index in [1.165, 1.54) is 0 Å². The minimum atomic E-state index is -0.922. The average Bonchev–Trinajstić information content (AvgIpc) is 2.13. The number of amides is 1. The van der Waals surface area contributed by atoms with Gasteiger partial charge < -0.3 is 10.4 Å². The molecule has 0 aromatic carbocycles. The maximum absolute atomic E-state index is 11.9. The standard InChI is InChI=1S/C13H26N2O3/c1-9(2)10(3)14-11(16)7-15(8-12(17)18)13(4,5)6/h9-10H,7-8H2,1-6H3,(H,14,16)(H,17,18). The lowest BCUT2D eigenvalue weighted by Gasteiger charge is -2.34. The van der Waals surface area contributed by atoms with E-state index in [0.717, 1.165) is 0 Å². The Morgan fingerprint density at radius 3 is 2.00 bits per heavy atom. The van der Waals surface area contributed by atoms with Crippen molar-refractivity contribution in [2.24, 2.45) is 5.92 Å². The largest absolute Gasteiger partial charge is 0.480 e. The van der Waals surface area contributed by atoms with Gasteiger partial charge in [-0.2, -0.15) is 0 Å². The number of nitrogens with zero attached hydrogens (tertiary/aromatic N) is 1. The van der Waals surface area contributed by atoms with Crippen LogP contribution in [0.25, 0.3) is 0 Å². The van der Waals surface area contributed by atoms with Crippen LogP contribution in [0.4, 0.5) is 0 Å². The van der Waals surface area contributed by atoms with E-state index in [2.05, 4.69) is 5.32 Å². The Hall–Kier alpha value is -1.10. The Bertz CT molecular complexity index is 295. The summed E-state index contributed by atoms with van der Waals surface area (Å²) in [5.41, 5.74) is -0.350. The quantitative estimate of drug-likeness (QED) is 0.754. The molecular formula is C13H26N2O3. The molecule has 0 aliphatic rings. The molecule has 18 heavy (non-hydrogen) atoms. The van der Waals surface area contributed by atoms with E-state index in [1.54, 1.807) is 4.90 Å². The SMILES string of the molecule is CC(C)C(C)NC(=O)CN(CC(=O)O)C(C)(C)C. The molecular weight excluding hydrogens is 232 g/mol. The molecule has 1 amide bonds. The number of carboxylic acid groups (broad SMARTS) is 1. The van der Waals surface area contributed by atoms with Gasteiger partial charge in [0.15, 0.2) is 0 Å². The van der Waals surface area contributed by atoms with Crippen molar-refractivity contribution in [3.63, 3.8) is 0 Å². The molecule has 0 aromatic heterocycles. The lowest BCUT2D eigenvalue weighted by molar-refractivity contribution is -0.140. The fraction of sp³-hybridized carbons (Fsp3) is 0.846. The Kier molecular flexibility index (Phi) is 6.32. The Morgan fingerprint density at radius 2 is 1.67 bits per heavy atom. The summed E-state index contributed by atoms with van der Waals surface area (Å²) in [4.78, 5) is 24.3. The first-order chi connectivity index (χ1) is 8.04. The Morgan fingerprint density at radius 1 is 1.17 bits per heavy atom.